The minimum absolute atomic E-state index is 0.141. The Balaban J connectivity index is 2.23. The Morgan fingerprint density at radius 2 is 2.21 bits per heavy atom. The van der Waals surface area contributed by atoms with Crippen LogP contribution in [0.3, 0.4) is 0 Å². The van der Waals surface area contributed by atoms with Crippen LogP contribution in [0.15, 0.2) is 11.0 Å². The molecule has 1 aromatic heterocycles. The predicted molar refractivity (Wildman–Crippen MR) is 52.3 cm³/mol. The number of morpholine rings is 1. The molecule has 3 N–H and O–H groups in total. The minimum Gasteiger partial charge on any atom is -0.393 e. The fourth-order valence-corrected chi connectivity index (χ4v) is 1.33. The van der Waals surface area contributed by atoms with E-state index in [2.05, 4.69) is 9.97 Å². The van der Waals surface area contributed by atoms with Gasteiger partial charge in [0.05, 0.1) is 19.4 Å². The Bertz CT molecular complexity index is 370. The average Bonchev–Trinajstić information content (AvgIpc) is 2.23. The van der Waals surface area contributed by atoms with Gasteiger partial charge in [-0.3, -0.25) is 9.78 Å². The van der Waals surface area contributed by atoms with Crippen LogP contribution in [0.5, 0.6) is 0 Å². The maximum Gasteiger partial charge on any atom is 0.275 e. The fraction of sp³-hybridized carbons (Fsp3) is 0.500. The van der Waals surface area contributed by atoms with Gasteiger partial charge in [0, 0.05) is 13.1 Å². The van der Waals surface area contributed by atoms with Crippen LogP contribution in [0, 0.1) is 0 Å². The summed E-state index contributed by atoms with van der Waals surface area (Å²) in [6.07, 6.45) is 1.38. The molecule has 1 aliphatic rings. The Kier molecular flexibility index (Phi) is 2.36. The van der Waals surface area contributed by atoms with Crippen molar-refractivity contribution in [2.45, 2.75) is 0 Å². The normalized spacial score (nSPS) is 17.0. The molecule has 1 fully saturated rings. The SMILES string of the molecule is Nc1cnc(N2CCOCC2)[nH]c1=O. The van der Waals surface area contributed by atoms with Gasteiger partial charge < -0.3 is 15.4 Å². The zero-order chi connectivity index (χ0) is 9.97. The summed E-state index contributed by atoms with van der Waals surface area (Å²) >= 11 is 0. The van der Waals surface area contributed by atoms with E-state index in [1.54, 1.807) is 0 Å². The molecule has 0 atom stereocenters. The van der Waals surface area contributed by atoms with Crippen LogP contribution in [-0.2, 0) is 4.74 Å². The Morgan fingerprint density at radius 1 is 1.50 bits per heavy atom. The first-order valence-corrected chi connectivity index (χ1v) is 4.45. The fourth-order valence-electron chi connectivity index (χ4n) is 1.33. The second-order valence-corrected chi connectivity index (χ2v) is 3.09. The summed E-state index contributed by atoms with van der Waals surface area (Å²) < 4.78 is 5.19. The summed E-state index contributed by atoms with van der Waals surface area (Å²) in [5.74, 6) is 0.562. The van der Waals surface area contributed by atoms with Gasteiger partial charge in [-0.25, -0.2) is 4.98 Å². The van der Waals surface area contributed by atoms with Gasteiger partial charge in [0.2, 0.25) is 5.95 Å². The third-order valence-electron chi connectivity index (χ3n) is 2.12. The van der Waals surface area contributed by atoms with Crippen molar-refractivity contribution >= 4 is 11.6 Å². The lowest BCUT2D eigenvalue weighted by molar-refractivity contribution is 0.122. The van der Waals surface area contributed by atoms with Crippen LogP contribution in [0.25, 0.3) is 0 Å². The second-order valence-electron chi connectivity index (χ2n) is 3.09. The van der Waals surface area contributed by atoms with Crippen molar-refractivity contribution in [3.05, 3.63) is 16.6 Å². The number of ether oxygens (including phenoxy) is 1. The highest BCUT2D eigenvalue weighted by Crippen LogP contribution is 2.07. The molecule has 1 saturated heterocycles. The van der Waals surface area contributed by atoms with Crippen molar-refractivity contribution in [2.75, 3.05) is 36.9 Å². The molecule has 0 bridgehead atoms. The highest BCUT2D eigenvalue weighted by Gasteiger charge is 2.13. The molecule has 0 unspecified atom stereocenters. The molecular weight excluding hydrogens is 184 g/mol. The van der Waals surface area contributed by atoms with Gasteiger partial charge in [0.25, 0.3) is 5.56 Å². The van der Waals surface area contributed by atoms with E-state index in [1.165, 1.54) is 6.20 Å². The maximum absolute atomic E-state index is 11.2. The van der Waals surface area contributed by atoms with Gasteiger partial charge in [-0.05, 0) is 0 Å². The molecule has 6 nitrogen and oxygen atoms in total. The lowest BCUT2D eigenvalue weighted by Gasteiger charge is -2.26. The molecule has 14 heavy (non-hydrogen) atoms. The molecule has 0 amide bonds. The van der Waals surface area contributed by atoms with E-state index in [0.717, 1.165) is 13.1 Å². The standard InChI is InChI=1S/C8H12N4O2/c9-6-5-10-8(11-7(6)13)12-1-3-14-4-2-12/h5H,1-4,9H2,(H,10,11,13). The molecule has 6 heteroatoms. The molecule has 0 radical (unpaired) electrons. The highest BCUT2D eigenvalue weighted by atomic mass is 16.5. The first-order valence-electron chi connectivity index (χ1n) is 4.45. The minimum atomic E-state index is -0.290. The van der Waals surface area contributed by atoms with E-state index >= 15 is 0 Å². The number of nitrogen functional groups attached to an aromatic ring is 1. The molecule has 1 aromatic rings. The van der Waals surface area contributed by atoms with E-state index in [9.17, 15) is 4.79 Å². The Morgan fingerprint density at radius 3 is 2.86 bits per heavy atom. The molecular formula is C8H12N4O2. The van der Waals surface area contributed by atoms with Crippen LogP contribution in [0.2, 0.25) is 0 Å². The van der Waals surface area contributed by atoms with Gasteiger partial charge in [0.15, 0.2) is 0 Å². The summed E-state index contributed by atoms with van der Waals surface area (Å²) in [5, 5.41) is 0. The van der Waals surface area contributed by atoms with Crippen molar-refractivity contribution < 1.29 is 4.74 Å². The Labute approximate surface area is 80.7 Å². The lowest BCUT2D eigenvalue weighted by atomic mass is 10.4. The van der Waals surface area contributed by atoms with Crippen molar-refractivity contribution in [1.82, 2.24) is 9.97 Å². The predicted octanol–water partition coefficient (Wildman–Crippen LogP) is -0.811. The molecule has 0 aromatic carbocycles. The van der Waals surface area contributed by atoms with E-state index in [4.69, 9.17) is 10.5 Å². The van der Waals surface area contributed by atoms with Gasteiger partial charge in [-0.2, -0.15) is 0 Å². The molecule has 0 spiro atoms. The summed E-state index contributed by atoms with van der Waals surface area (Å²) in [6, 6.07) is 0. The quantitative estimate of drug-likeness (QED) is 0.613. The maximum atomic E-state index is 11.2. The number of aromatic amines is 1. The number of aromatic nitrogens is 2. The van der Waals surface area contributed by atoms with Crippen LogP contribution >= 0.6 is 0 Å². The van der Waals surface area contributed by atoms with Crippen LogP contribution in [0.4, 0.5) is 11.6 Å². The molecule has 76 valence electrons. The van der Waals surface area contributed by atoms with Crippen molar-refractivity contribution in [1.29, 1.82) is 0 Å². The second kappa shape index (κ2) is 3.67. The van der Waals surface area contributed by atoms with E-state index in [-0.39, 0.29) is 11.2 Å². The Hall–Kier alpha value is -1.56. The third-order valence-corrected chi connectivity index (χ3v) is 2.12. The van der Waals surface area contributed by atoms with E-state index < -0.39 is 0 Å². The van der Waals surface area contributed by atoms with Gasteiger partial charge in [-0.15, -0.1) is 0 Å². The van der Waals surface area contributed by atoms with Crippen molar-refractivity contribution in [3.8, 4) is 0 Å². The summed E-state index contributed by atoms with van der Waals surface area (Å²) in [5.41, 5.74) is 5.22. The number of rotatable bonds is 1. The van der Waals surface area contributed by atoms with Gasteiger partial charge in [-0.1, -0.05) is 0 Å². The number of nitrogens with two attached hydrogens (primary N) is 1. The van der Waals surface area contributed by atoms with Gasteiger partial charge in [0.1, 0.15) is 5.69 Å². The zero-order valence-electron chi connectivity index (χ0n) is 7.69. The summed E-state index contributed by atoms with van der Waals surface area (Å²) in [7, 11) is 0. The van der Waals surface area contributed by atoms with Crippen LogP contribution < -0.4 is 16.2 Å². The first-order chi connectivity index (χ1) is 6.77. The lowest BCUT2D eigenvalue weighted by Crippen LogP contribution is -2.38. The van der Waals surface area contributed by atoms with E-state index in [0.29, 0.717) is 19.2 Å². The number of anilines is 2. The summed E-state index contributed by atoms with van der Waals surface area (Å²) in [6.45, 7) is 2.81. The monoisotopic (exact) mass is 196 g/mol. The van der Waals surface area contributed by atoms with Gasteiger partial charge >= 0.3 is 0 Å². The molecule has 0 saturated carbocycles. The smallest absolute Gasteiger partial charge is 0.275 e. The number of hydrogen-bond acceptors (Lipinski definition) is 5. The zero-order valence-corrected chi connectivity index (χ0v) is 7.69. The molecule has 1 aliphatic heterocycles. The number of hydrogen-bond donors (Lipinski definition) is 2. The summed E-state index contributed by atoms with van der Waals surface area (Å²) in [4.78, 5) is 19.8. The average molecular weight is 196 g/mol. The van der Waals surface area contributed by atoms with Crippen LogP contribution in [-0.4, -0.2) is 36.3 Å². The molecule has 2 rings (SSSR count). The molecule has 2 heterocycles. The molecule has 0 aliphatic carbocycles. The highest BCUT2D eigenvalue weighted by molar-refractivity contribution is 5.38. The topological polar surface area (TPSA) is 84.2 Å². The van der Waals surface area contributed by atoms with Crippen molar-refractivity contribution in [2.24, 2.45) is 0 Å². The number of H-pyrrole nitrogens is 1. The van der Waals surface area contributed by atoms with Crippen molar-refractivity contribution in [3.63, 3.8) is 0 Å². The number of nitrogens with one attached hydrogen (secondary N) is 1. The number of nitrogens with zero attached hydrogens (tertiary/aromatic N) is 2. The van der Waals surface area contributed by atoms with Crippen LogP contribution in [0.1, 0.15) is 0 Å². The third kappa shape index (κ3) is 1.69. The van der Waals surface area contributed by atoms with E-state index in [1.807, 2.05) is 4.90 Å². The first kappa shape index (κ1) is 9.01. The largest absolute Gasteiger partial charge is 0.393 e.